The molecule has 1 N–H and O–H groups in total. The van der Waals surface area contributed by atoms with E-state index in [0.717, 1.165) is 23.2 Å². The van der Waals surface area contributed by atoms with Gasteiger partial charge in [-0.05, 0) is 24.1 Å². The Morgan fingerprint density at radius 3 is 2.62 bits per heavy atom. The van der Waals surface area contributed by atoms with Gasteiger partial charge in [0.1, 0.15) is 0 Å². The Bertz CT molecular complexity index is 874. The van der Waals surface area contributed by atoms with Crippen LogP contribution in [0.15, 0.2) is 52.9 Å². The number of hydrogen-bond donors (Lipinski definition) is 1. The maximum Gasteiger partial charge on any atom is 0.203 e. The largest absolute Gasteiger partial charge is 0.490 e. The highest BCUT2D eigenvalue weighted by molar-refractivity contribution is 7.14. The molecule has 0 bridgehead atoms. The van der Waals surface area contributed by atoms with E-state index in [0.29, 0.717) is 27.5 Å². The van der Waals surface area contributed by atoms with E-state index in [2.05, 4.69) is 15.5 Å². The Labute approximate surface area is 166 Å². The van der Waals surface area contributed by atoms with Crippen molar-refractivity contribution in [3.8, 4) is 17.0 Å². The van der Waals surface area contributed by atoms with Gasteiger partial charge in [-0.15, -0.1) is 11.3 Å². The summed E-state index contributed by atoms with van der Waals surface area (Å²) < 4.78 is 5.56. The number of hydrogen-bond acceptors (Lipinski definition) is 5. The lowest BCUT2D eigenvalue weighted by Gasteiger charge is -2.09. The molecule has 26 heavy (non-hydrogen) atoms. The van der Waals surface area contributed by atoms with Crippen LogP contribution in [0.3, 0.4) is 0 Å². The molecule has 0 fully saturated rings. The van der Waals surface area contributed by atoms with Gasteiger partial charge in [0.15, 0.2) is 5.75 Å². The zero-order chi connectivity index (χ0) is 18.4. The molecule has 1 heterocycles. The molecule has 7 heteroatoms. The summed E-state index contributed by atoms with van der Waals surface area (Å²) in [6, 6.07) is 13.5. The fourth-order valence-corrected chi connectivity index (χ4v) is 3.51. The molecule has 0 amide bonds. The van der Waals surface area contributed by atoms with Crippen LogP contribution in [-0.4, -0.2) is 17.8 Å². The lowest BCUT2D eigenvalue weighted by Crippen LogP contribution is -1.97. The topological polar surface area (TPSA) is 46.5 Å². The molecule has 3 aromatic rings. The Kier molecular flexibility index (Phi) is 6.50. The van der Waals surface area contributed by atoms with Crippen molar-refractivity contribution in [2.45, 2.75) is 13.3 Å². The van der Waals surface area contributed by atoms with Gasteiger partial charge in [-0.2, -0.15) is 5.10 Å². The van der Waals surface area contributed by atoms with Gasteiger partial charge in [0.25, 0.3) is 0 Å². The molecule has 0 unspecified atom stereocenters. The number of benzene rings is 2. The fourth-order valence-electron chi connectivity index (χ4n) is 2.22. The number of aromatic nitrogens is 1. The second-order valence-electron chi connectivity index (χ2n) is 5.44. The molecular weight excluding hydrogens is 389 g/mol. The highest BCUT2D eigenvalue weighted by Crippen LogP contribution is 2.34. The zero-order valence-corrected chi connectivity index (χ0v) is 16.4. The summed E-state index contributed by atoms with van der Waals surface area (Å²) in [5, 5.41) is 7.83. The molecule has 0 radical (unpaired) electrons. The predicted molar refractivity (Wildman–Crippen MR) is 111 cm³/mol. The Hall–Kier alpha value is -2.08. The highest BCUT2D eigenvalue weighted by Gasteiger charge is 2.09. The standard InChI is InChI=1S/C19H17Cl2N3OS/c1-2-8-25-18-15(20)9-13(10-16(18)21)11-22-24-19-23-17(12-26-19)14-6-4-3-5-7-14/h3-7,9-12H,2,8H2,1H3,(H,23,24)/b22-11-. The minimum atomic E-state index is 0.466. The summed E-state index contributed by atoms with van der Waals surface area (Å²) in [5.41, 5.74) is 5.69. The lowest BCUT2D eigenvalue weighted by atomic mass is 10.2. The van der Waals surface area contributed by atoms with Crippen molar-refractivity contribution in [1.82, 2.24) is 4.98 Å². The van der Waals surface area contributed by atoms with E-state index in [4.69, 9.17) is 27.9 Å². The fraction of sp³-hybridized carbons (Fsp3) is 0.158. The molecule has 0 saturated carbocycles. The number of thiazole rings is 1. The first-order valence-corrected chi connectivity index (χ1v) is 9.73. The van der Waals surface area contributed by atoms with Crippen LogP contribution in [0.1, 0.15) is 18.9 Å². The smallest absolute Gasteiger partial charge is 0.203 e. The third-order valence-corrected chi connectivity index (χ3v) is 4.73. The second kappa shape index (κ2) is 9.03. The van der Waals surface area contributed by atoms with Gasteiger partial charge in [-0.3, -0.25) is 5.43 Å². The van der Waals surface area contributed by atoms with Gasteiger partial charge in [-0.25, -0.2) is 4.98 Å². The first-order valence-electron chi connectivity index (χ1n) is 8.09. The van der Waals surface area contributed by atoms with Gasteiger partial charge in [-0.1, -0.05) is 60.5 Å². The highest BCUT2D eigenvalue weighted by atomic mass is 35.5. The molecule has 0 spiro atoms. The van der Waals surface area contributed by atoms with Crippen LogP contribution >= 0.6 is 34.5 Å². The zero-order valence-electron chi connectivity index (χ0n) is 14.1. The molecule has 0 aliphatic rings. The molecule has 0 aliphatic carbocycles. The predicted octanol–water partition coefficient (Wildman–Crippen LogP) is 6.35. The third-order valence-electron chi connectivity index (χ3n) is 3.42. The molecule has 0 saturated heterocycles. The van der Waals surface area contributed by atoms with Crippen molar-refractivity contribution in [3.05, 3.63) is 63.5 Å². The lowest BCUT2D eigenvalue weighted by molar-refractivity contribution is 0.318. The van der Waals surface area contributed by atoms with Crippen molar-refractivity contribution >= 4 is 45.9 Å². The number of hydrazone groups is 1. The summed E-state index contributed by atoms with van der Waals surface area (Å²) in [6.07, 6.45) is 2.53. The minimum Gasteiger partial charge on any atom is -0.490 e. The third kappa shape index (κ3) is 4.75. The average molecular weight is 406 g/mol. The van der Waals surface area contributed by atoms with Crippen LogP contribution < -0.4 is 10.2 Å². The molecule has 134 valence electrons. The van der Waals surface area contributed by atoms with Crippen LogP contribution in [0.5, 0.6) is 5.75 Å². The quantitative estimate of drug-likeness (QED) is 0.367. The van der Waals surface area contributed by atoms with Crippen molar-refractivity contribution < 1.29 is 4.74 Å². The van der Waals surface area contributed by atoms with E-state index in [1.54, 1.807) is 18.3 Å². The number of ether oxygens (including phenoxy) is 1. The number of rotatable bonds is 7. The average Bonchev–Trinajstić information content (AvgIpc) is 3.11. The van der Waals surface area contributed by atoms with Crippen molar-refractivity contribution in [2.75, 3.05) is 12.0 Å². The summed E-state index contributed by atoms with van der Waals surface area (Å²) in [4.78, 5) is 4.52. The van der Waals surface area contributed by atoms with Gasteiger partial charge in [0.2, 0.25) is 5.13 Å². The van der Waals surface area contributed by atoms with Gasteiger partial charge in [0.05, 0.1) is 28.6 Å². The summed E-state index contributed by atoms with van der Waals surface area (Å²) >= 11 is 14.0. The van der Waals surface area contributed by atoms with Crippen LogP contribution in [-0.2, 0) is 0 Å². The van der Waals surface area contributed by atoms with E-state index in [1.807, 2.05) is 42.6 Å². The van der Waals surface area contributed by atoms with E-state index in [1.165, 1.54) is 11.3 Å². The van der Waals surface area contributed by atoms with Gasteiger partial charge in [0, 0.05) is 10.9 Å². The van der Waals surface area contributed by atoms with Crippen LogP contribution in [0.25, 0.3) is 11.3 Å². The number of halogens is 2. The van der Waals surface area contributed by atoms with Gasteiger partial charge < -0.3 is 4.74 Å². The van der Waals surface area contributed by atoms with E-state index in [9.17, 15) is 0 Å². The first-order chi connectivity index (χ1) is 12.7. The molecule has 0 aliphatic heterocycles. The summed E-state index contributed by atoms with van der Waals surface area (Å²) in [5.74, 6) is 0.507. The van der Waals surface area contributed by atoms with Crippen LogP contribution in [0, 0.1) is 0 Å². The van der Waals surface area contributed by atoms with E-state index in [-0.39, 0.29) is 0 Å². The number of anilines is 1. The minimum absolute atomic E-state index is 0.466. The van der Waals surface area contributed by atoms with Crippen LogP contribution in [0.4, 0.5) is 5.13 Å². The SMILES string of the molecule is CCCOc1c(Cl)cc(/C=N\Nc2nc(-c3ccccc3)cs2)cc1Cl. The molecule has 3 rings (SSSR count). The van der Waals surface area contributed by atoms with Crippen molar-refractivity contribution in [3.63, 3.8) is 0 Å². The normalized spacial score (nSPS) is 11.0. The molecule has 0 atom stereocenters. The molecule has 2 aromatic carbocycles. The van der Waals surface area contributed by atoms with Gasteiger partial charge >= 0.3 is 0 Å². The number of nitrogens with one attached hydrogen (secondary N) is 1. The molecule has 4 nitrogen and oxygen atoms in total. The Morgan fingerprint density at radius 1 is 1.19 bits per heavy atom. The summed E-state index contributed by atoms with van der Waals surface area (Å²) in [7, 11) is 0. The Morgan fingerprint density at radius 2 is 1.92 bits per heavy atom. The number of nitrogens with zero attached hydrogens (tertiary/aromatic N) is 2. The van der Waals surface area contributed by atoms with Crippen molar-refractivity contribution in [2.24, 2.45) is 5.10 Å². The first kappa shape index (κ1) is 18.7. The monoisotopic (exact) mass is 405 g/mol. The molecular formula is C19H17Cl2N3OS. The summed E-state index contributed by atoms with van der Waals surface area (Å²) in [6.45, 7) is 2.60. The second-order valence-corrected chi connectivity index (χ2v) is 7.11. The maximum absolute atomic E-state index is 6.24. The van der Waals surface area contributed by atoms with E-state index < -0.39 is 0 Å². The molecule has 1 aromatic heterocycles. The van der Waals surface area contributed by atoms with E-state index >= 15 is 0 Å². The Balaban J connectivity index is 1.67. The van der Waals surface area contributed by atoms with Crippen molar-refractivity contribution in [1.29, 1.82) is 0 Å². The maximum atomic E-state index is 6.24. The van der Waals surface area contributed by atoms with Crippen LogP contribution in [0.2, 0.25) is 10.0 Å².